The predicted molar refractivity (Wildman–Crippen MR) is 98.7 cm³/mol. The molecule has 0 spiro atoms. The molecular weight excluding hydrogens is 391 g/mol. The zero-order valence-electron chi connectivity index (χ0n) is 16.0. The second-order valence-electron chi connectivity index (χ2n) is 6.33. The molecule has 1 atom stereocenters. The van der Waals surface area contributed by atoms with Gasteiger partial charge in [0.05, 0.1) is 12.7 Å². The van der Waals surface area contributed by atoms with Gasteiger partial charge in [-0.05, 0) is 37.4 Å². The Labute approximate surface area is 166 Å². The van der Waals surface area contributed by atoms with E-state index in [9.17, 15) is 23.1 Å². The van der Waals surface area contributed by atoms with E-state index in [1.165, 1.54) is 37.4 Å². The number of hydrogen-bond acceptors (Lipinski definition) is 6. The molecule has 0 saturated heterocycles. The van der Waals surface area contributed by atoms with Crippen molar-refractivity contribution in [2.45, 2.75) is 19.0 Å². The van der Waals surface area contributed by atoms with Gasteiger partial charge in [0.15, 0.2) is 0 Å². The summed E-state index contributed by atoms with van der Waals surface area (Å²) < 4.78 is 51.6. The molecule has 0 aliphatic rings. The summed E-state index contributed by atoms with van der Waals surface area (Å²) in [6.07, 6.45) is -5.65. The van der Waals surface area contributed by atoms with Crippen molar-refractivity contribution < 1.29 is 37.3 Å². The number of hydrogen-bond donors (Lipinski definition) is 1. The van der Waals surface area contributed by atoms with E-state index in [1.54, 1.807) is 30.1 Å². The van der Waals surface area contributed by atoms with Gasteiger partial charge < -0.3 is 19.3 Å². The van der Waals surface area contributed by atoms with E-state index in [2.05, 4.69) is 9.47 Å². The largest absolute Gasteiger partial charge is 0.573 e. The highest BCUT2D eigenvalue weighted by molar-refractivity contribution is 5.89. The Morgan fingerprint density at radius 3 is 2.41 bits per heavy atom. The second-order valence-corrected chi connectivity index (χ2v) is 6.33. The van der Waals surface area contributed by atoms with Gasteiger partial charge in [-0.3, -0.25) is 4.90 Å². The van der Waals surface area contributed by atoms with Crippen molar-refractivity contribution in [3.63, 3.8) is 0 Å². The van der Waals surface area contributed by atoms with Crippen LogP contribution in [0.15, 0.2) is 48.5 Å². The minimum atomic E-state index is -4.77. The molecule has 29 heavy (non-hydrogen) atoms. The Hall–Kier alpha value is -2.78. The van der Waals surface area contributed by atoms with Gasteiger partial charge in [-0.15, -0.1) is 13.2 Å². The lowest BCUT2D eigenvalue weighted by Crippen LogP contribution is -2.33. The minimum absolute atomic E-state index is 0.0252. The van der Waals surface area contributed by atoms with Gasteiger partial charge in [-0.25, -0.2) is 4.79 Å². The van der Waals surface area contributed by atoms with Gasteiger partial charge in [-0.2, -0.15) is 0 Å². The number of halogens is 3. The molecule has 158 valence electrons. The van der Waals surface area contributed by atoms with Crippen molar-refractivity contribution in [2.24, 2.45) is 0 Å². The molecule has 0 aliphatic carbocycles. The van der Waals surface area contributed by atoms with Gasteiger partial charge in [-0.1, -0.05) is 18.2 Å². The van der Waals surface area contributed by atoms with Gasteiger partial charge in [0, 0.05) is 18.7 Å². The van der Waals surface area contributed by atoms with Crippen LogP contribution in [0.1, 0.15) is 15.9 Å². The van der Waals surface area contributed by atoms with Crippen LogP contribution in [0.3, 0.4) is 0 Å². The van der Waals surface area contributed by atoms with Crippen molar-refractivity contribution >= 4 is 5.97 Å². The molecule has 0 fully saturated rings. The number of aliphatic hydroxyl groups is 1. The summed E-state index contributed by atoms with van der Waals surface area (Å²) in [6.45, 7) is 0.292. The second kappa shape index (κ2) is 10.1. The fourth-order valence-electron chi connectivity index (χ4n) is 2.62. The molecule has 2 rings (SSSR count). The third-order valence-corrected chi connectivity index (χ3v) is 3.88. The zero-order valence-corrected chi connectivity index (χ0v) is 16.0. The van der Waals surface area contributed by atoms with Crippen molar-refractivity contribution in [3.05, 3.63) is 59.7 Å². The fraction of sp³-hybridized carbons (Fsp3) is 0.350. The van der Waals surface area contributed by atoms with Gasteiger partial charge in [0.25, 0.3) is 0 Å². The van der Waals surface area contributed by atoms with E-state index >= 15 is 0 Å². The Bertz CT molecular complexity index is 795. The molecule has 6 nitrogen and oxygen atoms in total. The third-order valence-electron chi connectivity index (χ3n) is 3.88. The first-order chi connectivity index (χ1) is 13.7. The lowest BCUT2D eigenvalue weighted by Gasteiger charge is -2.22. The Balaban J connectivity index is 1.85. The Kier molecular flexibility index (Phi) is 7.86. The number of ether oxygens (including phenoxy) is 3. The average molecular weight is 413 g/mol. The Morgan fingerprint density at radius 1 is 1.14 bits per heavy atom. The maximum absolute atomic E-state index is 12.5. The molecule has 1 N–H and O–H groups in total. The van der Waals surface area contributed by atoms with Crippen LogP contribution in [0.25, 0.3) is 0 Å². The van der Waals surface area contributed by atoms with Gasteiger partial charge >= 0.3 is 12.3 Å². The summed E-state index contributed by atoms with van der Waals surface area (Å²) in [5.74, 6) is -0.278. The van der Waals surface area contributed by atoms with Crippen molar-refractivity contribution in [1.82, 2.24) is 4.90 Å². The summed E-state index contributed by atoms with van der Waals surface area (Å²) in [5, 5.41) is 10.1. The SMILES string of the molecule is COC(=O)c1ccc(OCC(O)CN(C)Cc2ccccc2OC(F)(F)F)cc1. The summed E-state index contributed by atoms with van der Waals surface area (Å²) in [6, 6.07) is 12.1. The van der Waals surface area contributed by atoms with Crippen LogP contribution >= 0.6 is 0 Å². The van der Waals surface area contributed by atoms with Crippen molar-refractivity contribution in [2.75, 3.05) is 27.3 Å². The maximum Gasteiger partial charge on any atom is 0.573 e. The van der Waals surface area contributed by atoms with Crippen molar-refractivity contribution in [1.29, 1.82) is 0 Å². The van der Waals surface area contributed by atoms with Gasteiger partial charge in [0.2, 0.25) is 0 Å². The molecule has 0 saturated carbocycles. The molecule has 0 amide bonds. The number of aliphatic hydroxyl groups excluding tert-OH is 1. The highest BCUT2D eigenvalue weighted by atomic mass is 19.4. The predicted octanol–water partition coefficient (Wildman–Crippen LogP) is 3.24. The van der Waals surface area contributed by atoms with E-state index in [-0.39, 0.29) is 25.4 Å². The molecule has 2 aromatic carbocycles. The van der Waals surface area contributed by atoms with E-state index in [0.29, 0.717) is 16.9 Å². The van der Waals surface area contributed by atoms with Crippen LogP contribution in [0, 0.1) is 0 Å². The topological polar surface area (TPSA) is 68.2 Å². The van der Waals surface area contributed by atoms with E-state index in [1.807, 2.05) is 0 Å². The number of carbonyl (C=O) groups is 1. The number of rotatable bonds is 9. The third kappa shape index (κ3) is 7.63. The van der Waals surface area contributed by atoms with E-state index in [0.717, 1.165) is 0 Å². The first-order valence-electron chi connectivity index (χ1n) is 8.69. The molecule has 2 aromatic rings. The Morgan fingerprint density at radius 2 is 1.79 bits per heavy atom. The number of esters is 1. The summed E-state index contributed by atoms with van der Waals surface area (Å²) in [7, 11) is 2.95. The monoisotopic (exact) mass is 413 g/mol. The molecule has 9 heteroatoms. The number of nitrogens with zero attached hydrogens (tertiary/aromatic N) is 1. The van der Waals surface area contributed by atoms with E-state index in [4.69, 9.17) is 4.74 Å². The van der Waals surface area contributed by atoms with Crippen LogP contribution < -0.4 is 9.47 Å². The average Bonchev–Trinajstić information content (AvgIpc) is 2.66. The molecule has 0 bridgehead atoms. The molecular formula is C20H22F3NO5. The zero-order chi connectivity index (χ0) is 21.4. The minimum Gasteiger partial charge on any atom is -0.491 e. The molecule has 1 unspecified atom stereocenters. The number of para-hydroxylation sites is 1. The highest BCUT2D eigenvalue weighted by Crippen LogP contribution is 2.27. The number of benzene rings is 2. The molecule has 0 aromatic heterocycles. The van der Waals surface area contributed by atoms with Crippen LogP contribution in [-0.4, -0.2) is 55.8 Å². The lowest BCUT2D eigenvalue weighted by molar-refractivity contribution is -0.275. The van der Waals surface area contributed by atoms with Crippen molar-refractivity contribution in [3.8, 4) is 11.5 Å². The summed E-state index contributed by atoms with van der Waals surface area (Å²) >= 11 is 0. The first kappa shape index (κ1) is 22.5. The standard InChI is InChI=1S/C20H22F3NO5/c1-24(11-15-5-3-4-6-18(15)29-20(21,22)23)12-16(25)13-28-17-9-7-14(8-10-17)19(26)27-2/h3-10,16,25H,11-13H2,1-2H3. The van der Waals surface area contributed by atoms with Gasteiger partial charge in [0.1, 0.15) is 24.2 Å². The highest BCUT2D eigenvalue weighted by Gasteiger charge is 2.32. The quantitative estimate of drug-likeness (QED) is 0.637. The summed E-state index contributed by atoms with van der Waals surface area (Å²) in [4.78, 5) is 13.0. The molecule has 0 aliphatic heterocycles. The molecule has 0 radical (unpaired) electrons. The number of methoxy groups -OCH3 is 1. The van der Waals surface area contributed by atoms with E-state index < -0.39 is 18.4 Å². The number of alkyl halides is 3. The number of carbonyl (C=O) groups excluding carboxylic acids is 1. The van der Waals surface area contributed by atoms with Crippen LogP contribution in [0.2, 0.25) is 0 Å². The normalized spacial score (nSPS) is 12.5. The lowest BCUT2D eigenvalue weighted by atomic mass is 10.2. The summed E-state index contributed by atoms with van der Waals surface area (Å²) in [5.41, 5.74) is 0.721. The number of likely N-dealkylation sites (N-methyl/N-ethyl adjacent to an activating group) is 1. The fourth-order valence-corrected chi connectivity index (χ4v) is 2.62. The first-order valence-corrected chi connectivity index (χ1v) is 8.69. The van der Waals surface area contributed by atoms with Crippen LogP contribution in [0.5, 0.6) is 11.5 Å². The van der Waals surface area contributed by atoms with Crippen LogP contribution in [0.4, 0.5) is 13.2 Å². The maximum atomic E-state index is 12.5. The molecule has 0 heterocycles. The smallest absolute Gasteiger partial charge is 0.491 e. The van der Waals surface area contributed by atoms with Crippen LogP contribution in [-0.2, 0) is 11.3 Å².